The lowest BCUT2D eigenvalue weighted by Gasteiger charge is -2.08. The first-order chi connectivity index (χ1) is 15.4. The third-order valence-corrected chi connectivity index (χ3v) is 5.25. The van der Waals surface area contributed by atoms with E-state index in [2.05, 4.69) is 5.32 Å². The smallest absolute Gasteiger partial charge is 0.331 e. The van der Waals surface area contributed by atoms with E-state index in [9.17, 15) is 9.59 Å². The van der Waals surface area contributed by atoms with E-state index < -0.39 is 18.5 Å². The highest BCUT2D eigenvalue weighted by atomic mass is 35.5. The number of carbonyl (C=O) groups excluding carboxylic acids is 2. The van der Waals surface area contributed by atoms with E-state index in [1.807, 2.05) is 24.3 Å². The molecule has 0 bridgehead atoms. The Balaban J connectivity index is 1.44. The minimum Gasteiger partial charge on any atom is -0.489 e. The molecule has 0 unspecified atom stereocenters. The van der Waals surface area contributed by atoms with Crippen LogP contribution in [0.1, 0.15) is 11.1 Å². The monoisotopic (exact) mass is 489 g/mol. The minimum absolute atomic E-state index is 0.217. The predicted octanol–water partition coefficient (Wildman–Crippen LogP) is 6.42. The lowest BCUT2D eigenvalue weighted by molar-refractivity contribution is -0.142. The summed E-state index contributed by atoms with van der Waals surface area (Å²) in [6.45, 7) is -0.0371. The molecular weight excluding hydrogens is 473 g/mol. The Hall–Kier alpha value is -2.99. The van der Waals surface area contributed by atoms with Gasteiger partial charge in [-0.3, -0.25) is 4.79 Å². The molecule has 0 heterocycles. The molecule has 3 aromatic carbocycles. The standard InChI is InChI=1S/C24H18Cl3NO4/c25-18-9-4-17(5-10-18)14-31-19-11-6-16(7-12-19)8-13-23(30)32-15-22(29)28-21-3-1-2-20(26)24(21)27/h1-13H,14-15H2,(H,28,29)/b13-8+. The molecule has 0 aliphatic heterocycles. The lowest BCUT2D eigenvalue weighted by atomic mass is 10.2. The molecule has 0 aliphatic rings. The van der Waals surface area contributed by atoms with Gasteiger partial charge in [0.05, 0.1) is 15.7 Å². The Labute approximate surface area is 200 Å². The van der Waals surface area contributed by atoms with Crippen molar-refractivity contribution < 1.29 is 19.1 Å². The van der Waals surface area contributed by atoms with Crippen molar-refractivity contribution in [1.29, 1.82) is 0 Å². The van der Waals surface area contributed by atoms with Gasteiger partial charge in [-0.25, -0.2) is 4.79 Å². The van der Waals surface area contributed by atoms with Gasteiger partial charge in [0.1, 0.15) is 12.4 Å². The summed E-state index contributed by atoms with van der Waals surface area (Å²) in [4.78, 5) is 23.8. The summed E-state index contributed by atoms with van der Waals surface area (Å²) < 4.78 is 10.7. The van der Waals surface area contributed by atoms with Crippen molar-refractivity contribution in [3.63, 3.8) is 0 Å². The molecule has 1 N–H and O–H groups in total. The summed E-state index contributed by atoms with van der Waals surface area (Å²) >= 11 is 17.8. The van der Waals surface area contributed by atoms with Crippen LogP contribution in [0.2, 0.25) is 15.1 Å². The topological polar surface area (TPSA) is 64.6 Å². The van der Waals surface area contributed by atoms with Crippen LogP contribution in [0, 0.1) is 0 Å². The van der Waals surface area contributed by atoms with E-state index in [1.54, 1.807) is 48.5 Å². The summed E-state index contributed by atoms with van der Waals surface area (Å²) in [6, 6.07) is 19.4. The molecule has 3 aromatic rings. The molecule has 32 heavy (non-hydrogen) atoms. The quantitative estimate of drug-likeness (QED) is 0.292. The van der Waals surface area contributed by atoms with Crippen LogP contribution in [-0.4, -0.2) is 18.5 Å². The number of hydrogen-bond acceptors (Lipinski definition) is 4. The predicted molar refractivity (Wildman–Crippen MR) is 127 cm³/mol. The normalized spacial score (nSPS) is 10.7. The van der Waals surface area contributed by atoms with Crippen molar-refractivity contribution in [2.75, 3.05) is 11.9 Å². The third kappa shape index (κ3) is 7.31. The molecule has 1 amide bonds. The van der Waals surface area contributed by atoms with Gasteiger partial charge in [0.15, 0.2) is 6.61 Å². The summed E-state index contributed by atoms with van der Waals surface area (Å²) in [5.74, 6) is -0.491. The molecule has 164 valence electrons. The van der Waals surface area contributed by atoms with Crippen LogP contribution in [-0.2, 0) is 20.9 Å². The Morgan fingerprint density at radius 1 is 0.906 bits per heavy atom. The first-order valence-corrected chi connectivity index (χ1v) is 10.6. The maximum absolute atomic E-state index is 11.9. The van der Waals surface area contributed by atoms with Gasteiger partial charge in [-0.15, -0.1) is 0 Å². The summed E-state index contributed by atoms with van der Waals surface area (Å²) in [5.41, 5.74) is 2.12. The number of nitrogens with one attached hydrogen (secondary N) is 1. The van der Waals surface area contributed by atoms with Crippen molar-refractivity contribution in [1.82, 2.24) is 0 Å². The average molecular weight is 491 g/mol. The summed E-state index contributed by atoms with van der Waals surface area (Å²) in [6.07, 6.45) is 2.82. The molecular formula is C24H18Cl3NO4. The number of ether oxygens (including phenoxy) is 2. The number of carbonyl (C=O) groups is 2. The van der Waals surface area contributed by atoms with Crippen LogP contribution < -0.4 is 10.1 Å². The highest BCUT2D eigenvalue weighted by molar-refractivity contribution is 6.44. The number of anilines is 1. The number of hydrogen-bond donors (Lipinski definition) is 1. The lowest BCUT2D eigenvalue weighted by Crippen LogP contribution is -2.20. The molecule has 3 rings (SSSR count). The van der Waals surface area contributed by atoms with E-state index in [0.29, 0.717) is 28.1 Å². The number of amides is 1. The zero-order chi connectivity index (χ0) is 22.9. The van der Waals surface area contributed by atoms with Crippen LogP contribution in [0.25, 0.3) is 6.08 Å². The second-order valence-electron chi connectivity index (χ2n) is 6.57. The molecule has 8 heteroatoms. The van der Waals surface area contributed by atoms with Gasteiger partial charge in [-0.2, -0.15) is 0 Å². The first-order valence-electron chi connectivity index (χ1n) is 9.47. The van der Waals surface area contributed by atoms with E-state index in [-0.39, 0.29) is 5.02 Å². The fourth-order valence-corrected chi connectivity index (χ4v) is 3.03. The molecule has 0 fully saturated rings. The molecule has 0 atom stereocenters. The highest BCUT2D eigenvalue weighted by Gasteiger charge is 2.10. The zero-order valence-corrected chi connectivity index (χ0v) is 19.0. The maximum Gasteiger partial charge on any atom is 0.331 e. The molecule has 0 aromatic heterocycles. The maximum atomic E-state index is 11.9. The highest BCUT2D eigenvalue weighted by Crippen LogP contribution is 2.29. The van der Waals surface area contributed by atoms with Crippen LogP contribution >= 0.6 is 34.8 Å². The second-order valence-corrected chi connectivity index (χ2v) is 7.80. The molecule has 0 aliphatic carbocycles. The van der Waals surface area contributed by atoms with Crippen molar-refractivity contribution in [3.8, 4) is 5.75 Å². The van der Waals surface area contributed by atoms with Crippen molar-refractivity contribution in [3.05, 3.63) is 99.0 Å². The van der Waals surface area contributed by atoms with Crippen molar-refractivity contribution >= 4 is 58.4 Å². The van der Waals surface area contributed by atoms with Gasteiger partial charge in [-0.05, 0) is 53.6 Å². The minimum atomic E-state index is -0.652. The van der Waals surface area contributed by atoms with Crippen LogP contribution in [0.5, 0.6) is 5.75 Å². The fraction of sp³-hybridized carbons (Fsp3) is 0.0833. The van der Waals surface area contributed by atoms with Gasteiger partial charge >= 0.3 is 5.97 Å². The molecule has 5 nitrogen and oxygen atoms in total. The number of esters is 1. The molecule has 0 saturated heterocycles. The number of rotatable bonds is 8. The Morgan fingerprint density at radius 2 is 1.62 bits per heavy atom. The third-order valence-electron chi connectivity index (χ3n) is 4.18. The average Bonchev–Trinajstić information content (AvgIpc) is 2.79. The summed E-state index contributed by atoms with van der Waals surface area (Å²) in [7, 11) is 0. The van der Waals surface area contributed by atoms with Crippen LogP contribution in [0.4, 0.5) is 5.69 Å². The Kier molecular flexibility index (Phi) is 8.56. The van der Waals surface area contributed by atoms with Gasteiger partial charge in [0.2, 0.25) is 0 Å². The fourth-order valence-electron chi connectivity index (χ4n) is 2.56. The van der Waals surface area contributed by atoms with E-state index in [4.69, 9.17) is 44.3 Å². The van der Waals surface area contributed by atoms with E-state index in [1.165, 1.54) is 6.08 Å². The van der Waals surface area contributed by atoms with Gasteiger partial charge in [0, 0.05) is 11.1 Å². The van der Waals surface area contributed by atoms with Gasteiger partial charge in [0.25, 0.3) is 5.91 Å². The number of halogens is 3. The van der Waals surface area contributed by atoms with E-state index in [0.717, 1.165) is 11.1 Å². The summed E-state index contributed by atoms with van der Waals surface area (Å²) in [5, 5.41) is 3.74. The zero-order valence-electron chi connectivity index (χ0n) is 16.7. The molecule has 0 spiro atoms. The van der Waals surface area contributed by atoms with Gasteiger partial charge in [-0.1, -0.05) is 65.1 Å². The van der Waals surface area contributed by atoms with Crippen LogP contribution in [0.15, 0.2) is 72.8 Å². The Morgan fingerprint density at radius 3 is 2.34 bits per heavy atom. The SMILES string of the molecule is O=C(COC(=O)/C=C/c1ccc(OCc2ccc(Cl)cc2)cc1)Nc1cccc(Cl)c1Cl. The second kappa shape index (κ2) is 11.6. The van der Waals surface area contributed by atoms with Gasteiger partial charge < -0.3 is 14.8 Å². The van der Waals surface area contributed by atoms with E-state index >= 15 is 0 Å². The van der Waals surface area contributed by atoms with Crippen molar-refractivity contribution in [2.45, 2.75) is 6.61 Å². The first kappa shape index (κ1) is 23.7. The number of benzene rings is 3. The van der Waals surface area contributed by atoms with Crippen LogP contribution in [0.3, 0.4) is 0 Å². The van der Waals surface area contributed by atoms with Crippen molar-refractivity contribution in [2.24, 2.45) is 0 Å². The Bertz CT molecular complexity index is 1110. The molecule has 0 saturated carbocycles. The molecule has 0 radical (unpaired) electrons. The largest absolute Gasteiger partial charge is 0.489 e.